The zero-order valence-corrected chi connectivity index (χ0v) is 11.1. The molecule has 3 aromatic rings. The third kappa shape index (κ3) is 1.76. The molecule has 0 radical (unpaired) electrons. The summed E-state index contributed by atoms with van der Waals surface area (Å²) in [7, 11) is 0. The molecule has 2 atom stereocenters. The van der Waals surface area contributed by atoms with Gasteiger partial charge in [0.15, 0.2) is 0 Å². The fourth-order valence-electron chi connectivity index (χ4n) is 3.26. The Morgan fingerprint density at radius 2 is 1.85 bits per heavy atom. The predicted octanol–water partition coefficient (Wildman–Crippen LogP) is 4.20. The van der Waals surface area contributed by atoms with Gasteiger partial charge in [0.2, 0.25) is 0 Å². The number of benzene rings is 2. The Balaban J connectivity index is 1.72. The molecule has 0 fully saturated rings. The molecule has 1 aromatic heterocycles. The molecule has 2 nitrogen and oxygen atoms in total. The van der Waals surface area contributed by atoms with Crippen molar-refractivity contribution in [3.05, 3.63) is 71.5 Å². The monoisotopic (exact) mass is 264 g/mol. The Hall–Kier alpha value is -2.06. The molecule has 0 saturated heterocycles. The van der Waals surface area contributed by atoms with Crippen LogP contribution in [-0.2, 0) is 6.42 Å². The van der Waals surface area contributed by atoms with Gasteiger partial charge >= 0.3 is 0 Å². The van der Waals surface area contributed by atoms with Gasteiger partial charge in [0.1, 0.15) is 17.4 Å². The van der Waals surface area contributed by atoms with Gasteiger partial charge in [0.25, 0.3) is 0 Å². The summed E-state index contributed by atoms with van der Waals surface area (Å²) in [6.45, 7) is 0. The van der Waals surface area contributed by atoms with Crippen LogP contribution in [0.15, 0.2) is 59.0 Å². The van der Waals surface area contributed by atoms with Crippen molar-refractivity contribution in [2.75, 3.05) is 0 Å². The second-order valence-electron chi connectivity index (χ2n) is 5.48. The summed E-state index contributed by atoms with van der Waals surface area (Å²) in [4.78, 5) is 0. The minimum atomic E-state index is -0.564. The Morgan fingerprint density at radius 1 is 1.05 bits per heavy atom. The first-order chi connectivity index (χ1) is 9.83. The molecule has 2 heteroatoms. The second-order valence-corrected chi connectivity index (χ2v) is 5.48. The Bertz CT molecular complexity index is 724. The lowest BCUT2D eigenvalue weighted by molar-refractivity contribution is 0.121. The van der Waals surface area contributed by atoms with Crippen LogP contribution in [0, 0.1) is 0 Å². The van der Waals surface area contributed by atoms with Crippen LogP contribution >= 0.6 is 0 Å². The fraction of sp³-hybridized carbons (Fsp3) is 0.222. The van der Waals surface area contributed by atoms with E-state index in [0.717, 1.165) is 23.8 Å². The third-order valence-electron chi connectivity index (χ3n) is 4.30. The van der Waals surface area contributed by atoms with E-state index in [1.165, 1.54) is 11.1 Å². The summed E-state index contributed by atoms with van der Waals surface area (Å²) < 4.78 is 5.81. The van der Waals surface area contributed by atoms with E-state index >= 15 is 0 Å². The van der Waals surface area contributed by atoms with E-state index in [-0.39, 0.29) is 5.92 Å². The van der Waals surface area contributed by atoms with Gasteiger partial charge in [-0.1, -0.05) is 42.5 Å². The van der Waals surface area contributed by atoms with Crippen molar-refractivity contribution >= 4 is 11.0 Å². The van der Waals surface area contributed by atoms with Crippen LogP contribution in [0.4, 0.5) is 0 Å². The molecule has 20 heavy (non-hydrogen) atoms. The molecule has 0 amide bonds. The largest absolute Gasteiger partial charge is 0.458 e. The van der Waals surface area contributed by atoms with Crippen LogP contribution in [0.1, 0.15) is 35.3 Å². The average Bonchev–Trinajstić information content (AvgIpc) is 3.10. The van der Waals surface area contributed by atoms with Crippen molar-refractivity contribution in [1.29, 1.82) is 0 Å². The zero-order valence-electron chi connectivity index (χ0n) is 11.1. The van der Waals surface area contributed by atoms with Gasteiger partial charge in [-0.2, -0.15) is 0 Å². The maximum absolute atomic E-state index is 10.7. The van der Waals surface area contributed by atoms with Crippen molar-refractivity contribution in [3.8, 4) is 0 Å². The van der Waals surface area contributed by atoms with Gasteiger partial charge in [0.05, 0.1) is 0 Å². The molecule has 0 bridgehead atoms. The smallest absolute Gasteiger partial charge is 0.134 e. The predicted molar refractivity (Wildman–Crippen MR) is 78.7 cm³/mol. The van der Waals surface area contributed by atoms with Crippen LogP contribution in [0.2, 0.25) is 0 Å². The van der Waals surface area contributed by atoms with Crippen molar-refractivity contribution in [1.82, 2.24) is 0 Å². The SMILES string of the molecule is OC(c1cc2ccccc2o1)C1CCc2ccccc21. The fourth-order valence-corrected chi connectivity index (χ4v) is 3.26. The van der Waals surface area contributed by atoms with Gasteiger partial charge in [-0.05, 0) is 36.1 Å². The van der Waals surface area contributed by atoms with Crippen molar-refractivity contribution in [3.63, 3.8) is 0 Å². The second kappa shape index (κ2) is 4.50. The maximum Gasteiger partial charge on any atom is 0.134 e. The number of para-hydroxylation sites is 1. The molecule has 100 valence electrons. The van der Waals surface area contributed by atoms with Crippen LogP contribution in [0.3, 0.4) is 0 Å². The lowest BCUT2D eigenvalue weighted by Gasteiger charge is -2.17. The maximum atomic E-state index is 10.7. The number of furan rings is 1. The topological polar surface area (TPSA) is 33.4 Å². The highest BCUT2D eigenvalue weighted by Gasteiger charge is 2.31. The van der Waals surface area contributed by atoms with Crippen molar-refractivity contribution in [2.45, 2.75) is 24.9 Å². The van der Waals surface area contributed by atoms with Gasteiger partial charge in [-0.15, -0.1) is 0 Å². The van der Waals surface area contributed by atoms with Gasteiger partial charge in [-0.25, -0.2) is 0 Å². The highest BCUT2D eigenvalue weighted by atomic mass is 16.4. The van der Waals surface area contributed by atoms with Crippen LogP contribution in [-0.4, -0.2) is 5.11 Å². The minimum Gasteiger partial charge on any atom is -0.458 e. The van der Waals surface area contributed by atoms with E-state index in [4.69, 9.17) is 4.42 Å². The number of hydrogen-bond donors (Lipinski definition) is 1. The Morgan fingerprint density at radius 3 is 2.75 bits per heavy atom. The molecule has 1 N–H and O–H groups in total. The summed E-state index contributed by atoms with van der Waals surface area (Å²) in [5.41, 5.74) is 3.46. The molecule has 0 spiro atoms. The van der Waals surface area contributed by atoms with Gasteiger partial charge in [-0.3, -0.25) is 0 Å². The molecular formula is C18H16O2. The van der Waals surface area contributed by atoms with Crippen LogP contribution in [0.25, 0.3) is 11.0 Å². The third-order valence-corrected chi connectivity index (χ3v) is 4.30. The van der Waals surface area contributed by atoms with E-state index < -0.39 is 6.10 Å². The first kappa shape index (κ1) is 11.7. The van der Waals surface area contributed by atoms with Gasteiger partial charge in [0, 0.05) is 11.3 Å². The molecule has 1 heterocycles. The average molecular weight is 264 g/mol. The van der Waals surface area contributed by atoms with Crippen molar-refractivity contribution in [2.24, 2.45) is 0 Å². The first-order valence-corrected chi connectivity index (χ1v) is 7.07. The summed E-state index contributed by atoms with van der Waals surface area (Å²) in [6.07, 6.45) is 1.46. The van der Waals surface area contributed by atoms with E-state index in [9.17, 15) is 5.11 Å². The van der Waals surface area contributed by atoms with Crippen molar-refractivity contribution < 1.29 is 9.52 Å². The molecule has 4 rings (SSSR count). The molecule has 0 saturated carbocycles. The zero-order chi connectivity index (χ0) is 13.5. The van der Waals surface area contributed by atoms with Crippen LogP contribution in [0.5, 0.6) is 0 Å². The van der Waals surface area contributed by atoms with E-state index in [1.54, 1.807) is 0 Å². The lowest BCUT2D eigenvalue weighted by atomic mass is 9.94. The first-order valence-electron chi connectivity index (χ1n) is 7.07. The molecule has 2 aromatic carbocycles. The number of aryl methyl sites for hydroxylation is 1. The highest BCUT2D eigenvalue weighted by molar-refractivity contribution is 5.77. The Kier molecular flexibility index (Phi) is 2.64. The molecule has 1 aliphatic rings. The number of fused-ring (bicyclic) bond motifs is 2. The number of aliphatic hydroxyl groups excluding tert-OH is 1. The summed E-state index contributed by atoms with van der Waals surface area (Å²) in [5.74, 6) is 0.819. The number of hydrogen-bond acceptors (Lipinski definition) is 2. The Labute approximate surface area is 117 Å². The number of aliphatic hydroxyl groups is 1. The van der Waals surface area contributed by atoms with Crippen LogP contribution < -0.4 is 0 Å². The standard InChI is InChI=1S/C18H16O2/c19-18(15-10-9-12-5-1-3-7-14(12)15)17-11-13-6-2-4-8-16(13)20-17/h1-8,11,15,18-19H,9-10H2. The summed E-state index contributed by atoms with van der Waals surface area (Å²) in [6, 6.07) is 18.2. The van der Waals surface area contributed by atoms with Gasteiger partial charge < -0.3 is 9.52 Å². The quantitative estimate of drug-likeness (QED) is 0.752. The highest BCUT2D eigenvalue weighted by Crippen LogP contribution is 2.42. The molecular weight excluding hydrogens is 248 g/mol. The molecule has 2 unspecified atom stereocenters. The minimum absolute atomic E-state index is 0.145. The van der Waals surface area contributed by atoms with E-state index in [1.807, 2.05) is 36.4 Å². The normalized spacial score (nSPS) is 19.1. The van der Waals surface area contributed by atoms with E-state index in [0.29, 0.717) is 5.76 Å². The molecule has 0 aliphatic heterocycles. The summed E-state index contributed by atoms with van der Waals surface area (Å²) >= 11 is 0. The summed E-state index contributed by atoms with van der Waals surface area (Å²) in [5, 5.41) is 11.7. The lowest BCUT2D eigenvalue weighted by Crippen LogP contribution is -2.07. The molecule has 1 aliphatic carbocycles. The number of rotatable bonds is 2. The van der Waals surface area contributed by atoms with E-state index in [2.05, 4.69) is 18.2 Å².